The SMILES string of the molecule is C[C@@H](NC(=O)N1C(=O)[C@H](Cc2ccnc(N)c2)[C@H]1CO)c1ccccc1. The molecule has 1 fully saturated rings. The van der Waals surface area contributed by atoms with Gasteiger partial charge < -0.3 is 16.2 Å². The first-order valence-electron chi connectivity index (χ1n) is 8.51. The lowest BCUT2D eigenvalue weighted by Gasteiger charge is -2.45. The first-order valence-corrected chi connectivity index (χ1v) is 8.51. The highest BCUT2D eigenvalue weighted by atomic mass is 16.3. The summed E-state index contributed by atoms with van der Waals surface area (Å²) in [4.78, 5) is 30.0. The number of likely N-dealkylation sites (tertiary alicyclic amines) is 1. The number of amides is 3. The average molecular weight is 354 g/mol. The van der Waals surface area contributed by atoms with Gasteiger partial charge in [0.1, 0.15) is 5.82 Å². The second kappa shape index (κ2) is 7.53. The maximum atomic E-state index is 12.5. The van der Waals surface area contributed by atoms with Crippen LogP contribution in [0.15, 0.2) is 48.7 Å². The lowest BCUT2D eigenvalue weighted by molar-refractivity contribution is -0.152. The quantitative estimate of drug-likeness (QED) is 0.705. The summed E-state index contributed by atoms with van der Waals surface area (Å²) < 4.78 is 0. The van der Waals surface area contributed by atoms with Crippen molar-refractivity contribution in [1.29, 1.82) is 0 Å². The van der Waals surface area contributed by atoms with E-state index in [-0.39, 0.29) is 18.6 Å². The molecule has 7 nitrogen and oxygen atoms in total. The summed E-state index contributed by atoms with van der Waals surface area (Å²) in [5, 5.41) is 12.5. The van der Waals surface area contributed by atoms with E-state index in [1.54, 1.807) is 18.3 Å². The average Bonchev–Trinajstić information content (AvgIpc) is 2.64. The topological polar surface area (TPSA) is 109 Å². The van der Waals surface area contributed by atoms with Gasteiger partial charge in [0.2, 0.25) is 5.91 Å². The molecule has 1 aromatic carbocycles. The fourth-order valence-corrected chi connectivity index (χ4v) is 3.24. The van der Waals surface area contributed by atoms with Crippen molar-refractivity contribution in [3.63, 3.8) is 0 Å². The third-order valence-electron chi connectivity index (χ3n) is 4.70. The Morgan fingerprint density at radius 3 is 2.73 bits per heavy atom. The van der Waals surface area contributed by atoms with Gasteiger partial charge in [0.15, 0.2) is 0 Å². The zero-order valence-electron chi connectivity index (χ0n) is 14.5. The number of aliphatic hydroxyl groups excluding tert-OH is 1. The minimum absolute atomic E-state index is 0.241. The molecule has 3 rings (SSSR count). The Labute approximate surface area is 151 Å². The molecule has 0 saturated carbocycles. The molecule has 1 saturated heterocycles. The van der Waals surface area contributed by atoms with E-state index in [4.69, 9.17) is 5.73 Å². The second-order valence-corrected chi connectivity index (χ2v) is 6.44. The van der Waals surface area contributed by atoms with Crippen LogP contribution in [-0.2, 0) is 11.2 Å². The molecule has 0 bridgehead atoms. The van der Waals surface area contributed by atoms with Gasteiger partial charge in [0, 0.05) is 6.20 Å². The van der Waals surface area contributed by atoms with Crippen molar-refractivity contribution >= 4 is 17.8 Å². The molecule has 136 valence electrons. The zero-order valence-corrected chi connectivity index (χ0v) is 14.5. The van der Waals surface area contributed by atoms with Crippen molar-refractivity contribution in [3.8, 4) is 0 Å². The third-order valence-corrected chi connectivity index (χ3v) is 4.70. The van der Waals surface area contributed by atoms with E-state index >= 15 is 0 Å². The number of β-lactam (4-membered cyclic amide) rings is 1. The molecular weight excluding hydrogens is 332 g/mol. The molecule has 0 aliphatic carbocycles. The van der Waals surface area contributed by atoms with Crippen molar-refractivity contribution in [2.24, 2.45) is 5.92 Å². The van der Waals surface area contributed by atoms with Crippen LogP contribution in [0.2, 0.25) is 0 Å². The number of aliphatic hydroxyl groups is 1. The number of nitrogens with zero attached hydrogens (tertiary/aromatic N) is 2. The third kappa shape index (κ3) is 3.52. The van der Waals surface area contributed by atoms with Crippen LogP contribution in [0.5, 0.6) is 0 Å². The number of hydrogen-bond acceptors (Lipinski definition) is 5. The van der Waals surface area contributed by atoms with Crippen LogP contribution in [0, 0.1) is 5.92 Å². The number of pyridine rings is 1. The van der Waals surface area contributed by atoms with Crippen LogP contribution in [-0.4, -0.2) is 39.6 Å². The Kier molecular flexibility index (Phi) is 5.18. The number of benzene rings is 1. The highest BCUT2D eigenvalue weighted by molar-refractivity contribution is 6.01. The van der Waals surface area contributed by atoms with Gasteiger partial charge in [-0.2, -0.15) is 0 Å². The van der Waals surface area contributed by atoms with E-state index < -0.39 is 18.0 Å². The summed E-state index contributed by atoms with van der Waals surface area (Å²) in [5.74, 6) is -0.363. The number of hydrogen-bond donors (Lipinski definition) is 3. The van der Waals surface area contributed by atoms with Crippen molar-refractivity contribution in [2.45, 2.75) is 25.4 Å². The normalized spacial score (nSPS) is 20.4. The molecule has 4 N–H and O–H groups in total. The summed E-state index contributed by atoms with van der Waals surface area (Å²) >= 11 is 0. The fraction of sp³-hybridized carbons (Fsp3) is 0.316. The standard InChI is InChI=1S/C19H22N4O3/c1-12(14-5-3-2-4-6-14)22-19(26)23-16(11-24)15(18(23)25)9-13-7-8-21-17(20)10-13/h2-8,10,12,15-16,24H,9,11H2,1H3,(H2,20,21)(H,22,26)/t12-,15-,16-/m1/s1. The Morgan fingerprint density at radius 2 is 2.08 bits per heavy atom. The Balaban J connectivity index is 1.65. The van der Waals surface area contributed by atoms with Gasteiger partial charge in [-0.15, -0.1) is 0 Å². The summed E-state index contributed by atoms with van der Waals surface area (Å²) in [5.41, 5.74) is 7.46. The number of nitrogens with one attached hydrogen (secondary N) is 1. The highest BCUT2D eigenvalue weighted by Gasteiger charge is 2.50. The van der Waals surface area contributed by atoms with E-state index in [9.17, 15) is 14.7 Å². The molecule has 7 heteroatoms. The van der Waals surface area contributed by atoms with Crippen LogP contribution < -0.4 is 11.1 Å². The van der Waals surface area contributed by atoms with Crippen molar-refractivity contribution in [1.82, 2.24) is 15.2 Å². The van der Waals surface area contributed by atoms with Crippen LogP contribution in [0.4, 0.5) is 10.6 Å². The van der Waals surface area contributed by atoms with Crippen molar-refractivity contribution < 1.29 is 14.7 Å². The molecule has 1 aliphatic rings. The number of anilines is 1. The van der Waals surface area contributed by atoms with Gasteiger partial charge in [-0.1, -0.05) is 30.3 Å². The molecule has 2 heterocycles. The maximum absolute atomic E-state index is 12.5. The number of nitrogens with two attached hydrogens (primary N) is 1. The first kappa shape index (κ1) is 17.9. The van der Waals surface area contributed by atoms with Gasteiger partial charge in [0.05, 0.1) is 24.6 Å². The summed E-state index contributed by atoms with van der Waals surface area (Å²) in [6, 6.07) is 11.7. The molecule has 1 aliphatic heterocycles. The molecule has 0 radical (unpaired) electrons. The Hall–Kier alpha value is -2.93. The number of nitrogen functional groups attached to an aromatic ring is 1. The molecule has 3 atom stereocenters. The molecule has 0 unspecified atom stereocenters. The predicted molar refractivity (Wildman–Crippen MR) is 97.0 cm³/mol. The zero-order chi connectivity index (χ0) is 18.7. The number of urea groups is 1. The molecule has 26 heavy (non-hydrogen) atoms. The Morgan fingerprint density at radius 1 is 1.35 bits per heavy atom. The molecular formula is C19H22N4O3. The minimum atomic E-state index is -0.542. The van der Waals surface area contributed by atoms with Gasteiger partial charge in [-0.05, 0) is 36.6 Å². The van der Waals surface area contributed by atoms with Crippen molar-refractivity contribution in [2.75, 3.05) is 12.3 Å². The van der Waals surface area contributed by atoms with E-state index in [0.29, 0.717) is 12.2 Å². The number of rotatable bonds is 5. The molecule has 0 spiro atoms. The van der Waals surface area contributed by atoms with E-state index in [2.05, 4.69) is 10.3 Å². The molecule has 3 amide bonds. The van der Waals surface area contributed by atoms with Crippen LogP contribution in [0.25, 0.3) is 0 Å². The van der Waals surface area contributed by atoms with Crippen LogP contribution in [0.1, 0.15) is 24.1 Å². The van der Waals surface area contributed by atoms with Gasteiger partial charge in [-0.3, -0.25) is 9.69 Å². The number of aromatic nitrogens is 1. The van der Waals surface area contributed by atoms with Gasteiger partial charge in [0.25, 0.3) is 0 Å². The van der Waals surface area contributed by atoms with Gasteiger partial charge in [-0.25, -0.2) is 9.78 Å². The number of carbonyl (C=O) groups is 2. The number of carbonyl (C=O) groups excluding carboxylic acids is 2. The van der Waals surface area contributed by atoms with Gasteiger partial charge >= 0.3 is 6.03 Å². The fourth-order valence-electron chi connectivity index (χ4n) is 3.24. The summed E-state index contributed by atoms with van der Waals surface area (Å²) in [7, 11) is 0. The van der Waals surface area contributed by atoms with Crippen molar-refractivity contribution in [3.05, 3.63) is 59.8 Å². The second-order valence-electron chi connectivity index (χ2n) is 6.44. The smallest absolute Gasteiger partial charge is 0.324 e. The molecule has 2 aromatic rings. The minimum Gasteiger partial charge on any atom is -0.394 e. The maximum Gasteiger partial charge on any atom is 0.324 e. The lowest BCUT2D eigenvalue weighted by Crippen LogP contribution is -2.67. The summed E-state index contributed by atoms with van der Waals surface area (Å²) in [6.45, 7) is 1.58. The monoisotopic (exact) mass is 354 g/mol. The Bertz CT molecular complexity index is 796. The largest absolute Gasteiger partial charge is 0.394 e. The van der Waals surface area contributed by atoms with Crippen LogP contribution in [0.3, 0.4) is 0 Å². The van der Waals surface area contributed by atoms with Crippen LogP contribution >= 0.6 is 0 Å². The number of imide groups is 1. The summed E-state index contributed by atoms with van der Waals surface area (Å²) in [6.07, 6.45) is 1.99. The molecule has 1 aromatic heterocycles. The van der Waals surface area contributed by atoms with E-state index in [1.165, 1.54) is 0 Å². The highest BCUT2D eigenvalue weighted by Crippen LogP contribution is 2.30. The predicted octanol–water partition coefficient (Wildman–Crippen LogP) is 1.50. The first-order chi connectivity index (χ1) is 12.5. The lowest BCUT2D eigenvalue weighted by atomic mass is 9.83. The van der Waals surface area contributed by atoms with E-state index in [0.717, 1.165) is 16.0 Å². The van der Waals surface area contributed by atoms with E-state index in [1.807, 2.05) is 37.3 Å².